The zero-order valence-electron chi connectivity index (χ0n) is 12.6. The molecule has 1 atom stereocenters. The van der Waals surface area contributed by atoms with Crippen LogP contribution in [0.2, 0.25) is 0 Å². The van der Waals surface area contributed by atoms with Gasteiger partial charge in [-0.15, -0.1) is 0 Å². The number of thioether (sulfide) groups is 1. The lowest BCUT2D eigenvalue weighted by Gasteiger charge is -2.18. The Kier molecular flexibility index (Phi) is 5.24. The van der Waals surface area contributed by atoms with Gasteiger partial charge in [-0.2, -0.15) is 8.78 Å². The number of ether oxygens (including phenoxy) is 1. The normalized spacial score (nSPS) is 17.3. The highest BCUT2D eigenvalue weighted by molar-refractivity contribution is 7.99. The minimum absolute atomic E-state index is 0.203. The summed E-state index contributed by atoms with van der Waals surface area (Å²) in [5, 5.41) is 0. The molecule has 1 saturated heterocycles. The van der Waals surface area contributed by atoms with Crippen LogP contribution in [-0.4, -0.2) is 45.7 Å². The molecule has 1 unspecified atom stereocenters. The Labute approximate surface area is 142 Å². The SMILES string of the molecule is O=C(c1ccccc1SC(F)F)N1CCC(Oc2ncccn2)C1. The summed E-state index contributed by atoms with van der Waals surface area (Å²) in [6, 6.07) is 8.38. The Morgan fingerprint density at radius 3 is 2.75 bits per heavy atom. The fourth-order valence-electron chi connectivity index (χ4n) is 2.52. The van der Waals surface area contributed by atoms with Gasteiger partial charge in [0.25, 0.3) is 11.7 Å². The molecule has 126 valence electrons. The van der Waals surface area contributed by atoms with Gasteiger partial charge in [0.15, 0.2) is 0 Å². The van der Waals surface area contributed by atoms with E-state index in [1.165, 1.54) is 6.07 Å². The molecule has 1 aromatic carbocycles. The summed E-state index contributed by atoms with van der Waals surface area (Å²) < 4.78 is 30.9. The van der Waals surface area contributed by atoms with Gasteiger partial charge in [-0.1, -0.05) is 23.9 Å². The fraction of sp³-hybridized carbons (Fsp3) is 0.312. The number of carbonyl (C=O) groups is 1. The van der Waals surface area contributed by atoms with Gasteiger partial charge in [0.2, 0.25) is 0 Å². The van der Waals surface area contributed by atoms with E-state index in [2.05, 4.69) is 9.97 Å². The maximum absolute atomic E-state index is 12.6. The van der Waals surface area contributed by atoms with Crippen molar-refractivity contribution in [1.29, 1.82) is 0 Å². The Morgan fingerprint density at radius 1 is 1.25 bits per heavy atom. The number of halogens is 2. The number of hydrogen-bond donors (Lipinski definition) is 0. The Bertz CT molecular complexity index is 703. The molecular formula is C16H15F2N3O2S. The number of hydrogen-bond acceptors (Lipinski definition) is 5. The van der Waals surface area contributed by atoms with Crippen LogP contribution >= 0.6 is 11.8 Å². The van der Waals surface area contributed by atoms with Crippen molar-refractivity contribution in [2.75, 3.05) is 13.1 Å². The second kappa shape index (κ2) is 7.57. The van der Waals surface area contributed by atoms with Crippen molar-refractivity contribution >= 4 is 17.7 Å². The van der Waals surface area contributed by atoms with E-state index in [1.54, 1.807) is 41.6 Å². The average Bonchev–Trinajstić information content (AvgIpc) is 3.03. The van der Waals surface area contributed by atoms with Crippen LogP contribution < -0.4 is 4.74 Å². The lowest BCUT2D eigenvalue weighted by Crippen LogP contribution is -2.31. The number of aromatic nitrogens is 2. The van der Waals surface area contributed by atoms with Gasteiger partial charge in [0, 0.05) is 30.3 Å². The minimum Gasteiger partial charge on any atom is -0.458 e. The number of amides is 1. The van der Waals surface area contributed by atoms with Gasteiger partial charge >= 0.3 is 6.01 Å². The Hall–Kier alpha value is -2.22. The molecule has 1 aliphatic heterocycles. The lowest BCUT2D eigenvalue weighted by molar-refractivity contribution is 0.0766. The number of likely N-dealkylation sites (tertiary alicyclic amines) is 1. The Balaban J connectivity index is 1.66. The molecule has 1 amide bonds. The summed E-state index contributed by atoms with van der Waals surface area (Å²) >= 11 is 0.384. The summed E-state index contributed by atoms with van der Waals surface area (Å²) in [5.74, 6) is -2.83. The van der Waals surface area contributed by atoms with Crippen molar-refractivity contribution in [3.63, 3.8) is 0 Å². The maximum atomic E-state index is 12.6. The molecule has 0 saturated carbocycles. The van der Waals surface area contributed by atoms with Crippen LogP contribution in [0.15, 0.2) is 47.6 Å². The molecular weight excluding hydrogens is 336 g/mol. The molecule has 2 aromatic rings. The molecule has 0 radical (unpaired) electrons. The maximum Gasteiger partial charge on any atom is 0.316 e. The third-order valence-corrected chi connectivity index (χ3v) is 4.37. The zero-order chi connectivity index (χ0) is 16.9. The molecule has 0 aliphatic carbocycles. The zero-order valence-corrected chi connectivity index (χ0v) is 13.5. The van der Waals surface area contributed by atoms with Crippen LogP contribution in [0.4, 0.5) is 8.78 Å². The van der Waals surface area contributed by atoms with E-state index in [-0.39, 0.29) is 22.9 Å². The van der Waals surface area contributed by atoms with Crippen LogP contribution in [0, 0.1) is 0 Å². The summed E-state index contributed by atoms with van der Waals surface area (Å²) in [7, 11) is 0. The summed E-state index contributed by atoms with van der Waals surface area (Å²) in [5.41, 5.74) is 0.291. The molecule has 5 nitrogen and oxygen atoms in total. The topological polar surface area (TPSA) is 55.3 Å². The van der Waals surface area contributed by atoms with Crippen LogP contribution in [0.1, 0.15) is 16.8 Å². The number of alkyl halides is 2. The molecule has 1 fully saturated rings. The van der Waals surface area contributed by atoms with E-state index in [0.29, 0.717) is 36.8 Å². The summed E-state index contributed by atoms with van der Waals surface area (Å²) in [6.07, 6.45) is 3.61. The first-order valence-electron chi connectivity index (χ1n) is 7.40. The predicted molar refractivity (Wildman–Crippen MR) is 85.3 cm³/mol. The predicted octanol–water partition coefficient (Wildman–Crippen LogP) is 3.08. The number of nitrogens with zero attached hydrogens (tertiary/aromatic N) is 3. The van der Waals surface area contributed by atoms with Crippen molar-refractivity contribution in [2.24, 2.45) is 0 Å². The van der Waals surface area contributed by atoms with Gasteiger partial charge in [-0.3, -0.25) is 4.79 Å². The monoisotopic (exact) mass is 351 g/mol. The molecule has 1 aromatic heterocycles. The van der Waals surface area contributed by atoms with Crippen LogP contribution in [0.5, 0.6) is 6.01 Å². The van der Waals surface area contributed by atoms with E-state index in [1.807, 2.05) is 0 Å². The highest BCUT2D eigenvalue weighted by Gasteiger charge is 2.30. The first kappa shape index (κ1) is 16.6. The number of carbonyl (C=O) groups excluding carboxylic acids is 1. The largest absolute Gasteiger partial charge is 0.458 e. The fourth-order valence-corrected chi connectivity index (χ4v) is 3.15. The van der Waals surface area contributed by atoms with E-state index < -0.39 is 5.76 Å². The molecule has 3 rings (SSSR count). The van der Waals surface area contributed by atoms with Crippen molar-refractivity contribution in [3.05, 3.63) is 48.3 Å². The van der Waals surface area contributed by atoms with Crippen LogP contribution in [-0.2, 0) is 0 Å². The van der Waals surface area contributed by atoms with Crippen molar-refractivity contribution < 1.29 is 18.3 Å². The van der Waals surface area contributed by atoms with E-state index in [0.717, 1.165) is 0 Å². The molecule has 0 N–H and O–H groups in total. The first-order chi connectivity index (χ1) is 11.6. The minimum atomic E-state index is -2.57. The summed E-state index contributed by atoms with van der Waals surface area (Å²) in [6.45, 7) is 0.884. The second-order valence-corrected chi connectivity index (χ2v) is 6.22. The second-order valence-electron chi connectivity index (χ2n) is 5.19. The highest BCUT2D eigenvalue weighted by Crippen LogP contribution is 2.30. The smallest absolute Gasteiger partial charge is 0.316 e. The van der Waals surface area contributed by atoms with Crippen molar-refractivity contribution in [1.82, 2.24) is 14.9 Å². The lowest BCUT2D eigenvalue weighted by atomic mass is 10.2. The Morgan fingerprint density at radius 2 is 2.00 bits per heavy atom. The average molecular weight is 351 g/mol. The van der Waals surface area contributed by atoms with Gasteiger partial charge < -0.3 is 9.64 Å². The van der Waals surface area contributed by atoms with Gasteiger partial charge in [0.1, 0.15) is 6.10 Å². The van der Waals surface area contributed by atoms with E-state index >= 15 is 0 Å². The van der Waals surface area contributed by atoms with Crippen LogP contribution in [0.25, 0.3) is 0 Å². The van der Waals surface area contributed by atoms with E-state index in [4.69, 9.17) is 4.74 Å². The van der Waals surface area contributed by atoms with Crippen LogP contribution in [0.3, 0.4) is 0 Å². The molecule has 0 spiro atoms. The van der Waals surface area contributed by atoms with Gasteiger partial charge in [-0.25, -0.2) is 9.97 Å². The van der Waals surface area contributed by atoms with E-state index in [9.17, 15) is 13.6 Å². The quantitative estimate of drug-likeness (QED) is 0.775. The highest BCUT2D eigenvalue weighted by atomic mass is 32.2. The standard InChI is InChI=1S/C16H15F2N3O2S/c17-15(18)24-13-5-2-1-4-12(13)14(22)21-9-6-11(10-21)23-16-19-7-3-8-20-16/h1-5,7-8,11,15H,6,9-10H2. The molecule has 24 heavy (non-hydrogen) atoms. The number of benzene rings is 1. The molecule has 0 bridgehead atoms. The van der Waals surface area contributed by atoms with Gasteiger partial charge in [-0.05, 0) is 18.2 Å². The van der Waals surface area contributed by atoms with Crippen molar-refractivity contribution in [3.8, 4) is 6.01 Å². The van der Waals surface area contributed by atoms with Gasteiger partial charge in [0.05, 0.1) is 12.1 Å². The third kappa shape index (κ3) is 4.00. The van der Waals surface area contributed by atoms with Crippen molar-refractivity contribution in [2.45, 2.75) is 23.2 Å². The molecule has 2 heterocycles. The first-order valence-corrected chi connectivity index (χ1v) is 8.28. The molecule has 8 heteroatoms. The third-order valence-electron chi connectivity index (χ3n) is 3.58. The number of rotatable bonds is 5. The summed E-state index contributed by atoms with van der Waals surface area (Å²) in [4.78, 5) is 22.5. The molecule has 1 aliphatic rings.